The van der Waals surface area contributed by atoms with Crippen molar-refractivity contribution in [2.24, 2.45) is 0 Å². The van der Waals surface area contributed by atoms with Gasteiger partial charge in [-0.05, 0) is 49.1 Å². The van der Waals surface area contributed by atoms with Crippen LogP contribution in [0.5, 0.6) is 0 Å². The van der Waals surface area contributed by atoms with E-state index in [-0.39, 0.29) is 18.6 Å². The fourth-order valence-corrected chi connectivity index (χ4v) is 4.57. The molecule has 1 aliphatic rings. The number of para-hydroxylation sites is 1. The van der Waals surface area contributed by atoms with Crippen LogP contribution in [-0.4, -0.2) is 69.6 Å². The van der Waals surface area contributed by atoms with Gasteiger partial charge in [-0.1, -0.05) is 18.2 Å². The van der Waals surface area contributed by atoms with E-state index in [1.807, 2.05) is 12.1 Å². The van der Waals surface area contributed by atoms with E-state index >= 15 is 0 Å². The molecule has 10 nitrogen and oxygen atoms in total. The molecule has 1 saturated heterocycles. The van der Waals surface area contributed by atoms with Crippen molar-refractivity contribution in [3.05, 3.63) is 82.8 Å². The lowest BCUT2D eigenvalue weighted by Gasteiger charge is -2.34. The van der Waals surface area contributed by atoms with Crippen molar-refractivity contribution >= 4 is 34.0 Å². The van der Waals surface area contributed by atoms with E-state index in [1.165, 1.54) is 16.3 Å². The van der Waals surface area contributed by atoms with E-state index in [0.717, 1.165) is 31.9 Å². The molecule has 10 heteroatoms. The fourth-order valence-electron chi connectivity index (χ4n) is 4.57. The van der Waals surface area contributed by atoms with Gasteiger partial charge in [0, 0.05) is 66.8 Å². The summed E-state index contributed by atoms with van der Waals surface area (Å²) in [5.41, 5.74) is 3.16. The van der Waals surface area contributed by atoms with Gasteiger partial charge in [0.2, 0.25) is 11.6 Å². The van der Waals surface area contributed by atoms with E-state index in [0.29, 0.717) is 28.2 Å². The van der Waals surface area contributed by atoms with Gasteiger partial charge in [0.15, 0.2) is 0 Å². The Labute approximate surface area is 215 Å². The number of likely N-dealkylation sites (N-methyl/N-ethyl adjacent to an activating group) is 1. The maximum absolute atomic E-state index is 12.9. The third kappa shape index (κ3) is 5.32. The number of hydroxylamine groups is 2. The molecule has 1 fully saturated rings. The minimum absolute atomic E-state index is 0.0608. The lowest BCUT2D eigenvalue weighted by molar-refractivity contribution is -0.288. The molecule has 0 saturated carbocycles. The Kier molecular flexibility index (Phi) is 6.90. The minimum Gasteiger partial charge on any atom is -0.369 e. The van der Waals surface area contributed by atoms with Crippen LogP contribution < -0.4 is 20.6 Å². The molecule has 0 amide bonds. The van der Waals surface area contributed by atoms with Crippen molar-refractivity contribution in [3.63, 3.8) is 0 Å². The SMILES string of the molecule is CC[N+](O)(O)c1ccccc1Cn1c(=O)ccc2cnc(Nc3ccc(N4CCN(C)CC4)cc3)nc21. The van der Waals surface area contributed by atoms with E-state index in [9.17, 15) is 15.2 Å². The third-order valence-corrected chi connectivity index (χ3v) is 6.86. The summed E-state index contributed by atoms with van der Waals surface area (Å²) >= 11 is 0. The van der Waals surface area contributed by atoms with Crippen molar-refractivity contribution in [1.29, 1.82) is 0 Å². The van der Waals surface area contributed by atoms with Crippen molar-refractivity contribution in [1.82, 2.24) is 24.2 Å². The van der Waals surface area contributed by atoms with Crippen LogP contribution in [0.15, 0.2) is 71.7 Å². The second-order valence-electron chi connectivity index (χ2n) is 9.37. The molecule has 0 aliphatic carbocycles. The highest BCUT2D eigenvalue weighted by Crippen LogP contribution is 2.26. The van der Waals surface area contributed by atoms with E-state index in [4.69, 9.17) is 0 Å². The zero-order chi connectivity index (χ0) is 26.0. The lowest BCUT2D eigenvalue weighted by atomic mass is 10.1. The van der Waals surface area contributed by atoms with Crippen molar-refractivity contribution in [2.45, 2.75) is 13.5 Å². The number of hydrogen-bond donors (Lipinski definition) is 3. The zero-order valence-electron chi connectivity index (χ0n) is 21.1. The molecule has 2 aromatic heterocycles. The Morgan fingerprint density at radius 1 is 0.973 bits per heavy atom. The molecule has 0 unspecified atom stereocenters. The molecule has 2 aromatic carbocycles. The Hall–Kier alpha value is -3.83. The average molecular weight is 503 g/mol. The van der Waals surface area contributed by atoms with Gasteiger partial charge in [0.05, 0.1) is 6.54 Å². The van der Waals surface area contributed by atoms with Gasteiger partial charge < -0.3 is 15.1 Å². The number of quaternary nitrogens is 1. The quantitative estimate of drug-likeness (QED) is 0.261. The third-order valence-electron chi connectivity index (χ3n) is 6.86. The molecule has 4 aromatic rings. The van der Waals surface area contributed by atoms with Crippen LogP contribution in [0.25, 0.3) is 11.0 Å². The molecule has 5 rings (SSSR count). The van der Waals surface area contributed by atoms with Crippen LogP contribution in [0.2, 0.25) is 0 Å². The molecular formula is C27H32N7O3+. The summed E-state index contributed by atoms with van der Waals surface area (Å²) in [6.45, 7) is 5.96. The Bertz CT molecular complexity index is 1440. The summed E-state index contributed by atoms with van der Waals surface area (Å²) in [7, 11) is 2.14. The van der Waals surface area contributed by atoms with Crippen LogP contribution in [0.1, 0.15) is 12.5 Å². The first-order valence-corrected chi connectivity index (χ1v) is 12.4. The smallest absolute Gasteiger partial charge is 0.252 e. The van der Waals surface area contributed by atoms with Crippen LogP contribution >= 0.6 is 0 Å². The highest BCUT2D eigenvalue weighted by Gasteiger charge is 2.28. The van der Waals surface area contributed by atoms with Gasteiger partial charge in [-0.15, -0.1) is 0 Å². The zero-order valence-corrected chi connectivity index (χ0v) is 21.1. The number of pyridine rings is 1. The molecule has 1 aliphatic heterocycles. The average Bonchev–Trinajstić information content (AvgIpc) is 2.91. The molecule has 0 bridgehead atoms. The largest absolute Gasteiger partial charge is 0.369 e. The second kappa shape index (κ2) is 10.3. The summed E-state index contributed by atoms with van der Waals surface area (Å²) < 4.78 is 1.52. The summed E-state index contributed by atoms with van der Waals surface area (Å²) in [5, 5.41) is 24.8. The van der Waals surface area contributed by atoms with Gasteiger partial charge in [-0.3, -0.25) is 9.36 Å². The number of benzene rings is 2. The number of aromatic nitrogens is 3. The summed E-state index contributed by atoms with van der Waals surface area (Å²) in [5.74, 6) is 0.371. The first-order valence-electron chi connectivity index (χ1n) is 12.4. The van der Waals surface area contributed by atoms with Gasteiger partial charge in [-0.2, -0.15) is 15.4 Å². The molecule has 37 heavy (non-hydrogen) atoms. The van der Waals surface area contributed by atoms with E-state index in [2.05, 4.69) is 44.3 Å². The first-order chi connectivity index (χ1) is 17.8. The topological polar surface area (TPSA) is 107 Å². The molecule has 3 heterocycles. The highest BCUT2D eigenvalue weighted by molar-refractivity contribution is 5.76. The number of hydrogen-bond acceptors (Lipinski definition) is 8. The lowest BCUT2D eigenvalue weighted by Crippen LogP contribution is -2.44. The summed E-state index contributed by atoms with van der Waals surface area (Å²) in [6.07, 6.45) is 1.68. The van der Waals surface area contributed by atoms with Gasteiger partial charge in [0.1, 0.15) is 12.2 Å². The molecular weight excluding hydrogens is 470 g/mol. The van der Waals surface area contributed by atoms with Crippen LogP contribution in [-0.2, 0) is 6.54 Å². The predicted molar refractivity (Wildman–Crippen MR) is 145 cm³/mol. The number of anilines is 3. The normalized spacial score (nSPS) is 14.8. The predicted octanol–water partition coefficient (Wildman–Crippen LogP) is 3.44. The number of rotatable bonds is 7. The maximum atomic E-state index is 12.9. The minimum atomic E-state index is -1.26. The molecule has 192 valence electrons. The molecule has 0 radical (unpaired) electrons. The van der Waals surface area contributed by atoms with Gasteiger partial charge in [-0.25, -0.2) is 4.98 Å². The van der Waals surface area contributed by atoms with Gasteiger partial charge >= 0.3 is 0 Å². The van der Waals surface area contributed by atoms with Crippen molar-refractivity contribution in [2.75, 3.05) is 50.0 Å². The standard InChI is InChI=1S/C27H31N7O3/c1-3-34(36,37)24-7-5-4-6-21(24)19-33-25(35)13-8-20-18-28-27(30-26(20)33)29-22-9-11-23(12-10-22)32-16-14-31(2)15-17-32/h4-13,18,36-37H,3,14-17,19H2,1-2H3/p+1. The van der Waals surface area contributed by atoms with E-state index in [1.54, 1.807) is 43.5 Å². The number of piperazine rings is 1. The van der Waals surface area contributed by atoms with E-state index < -0.39 is 4.81 Å². The summed E-state index contributed by atoms with van der Waals surface area (Å²) in [4.78, 5) is 25.4. The van der Waals surface area contributed by atoms with Crippen LogP contribution in [0.3, 0.4) is 0 Å². The number of nitrogens with one attached hydrogen (secondary N) is 1. The first kappa shape index (κ1) is 24.8. The molecule has 0 spiro atoms. The number of fused-ring (bicyclic) bond motifs is 1. The highest BCUT2D eigenvalue weighted by atomic mass is 16.8. The Morgan fingerprint density at radius 2 is 1.70 bits per heavy atom. The Morgan fingerprint density at radius 3 is 2.43 bits per heavy atom. The molecule has 0 atom stereocenters. The molecule has 3 N–H and O–H groups in total. The van der Waals surface area contributed by atoms with Crippen molar-refractivity contribution < 1.29 is 10.4 Å². The maximum Gasteiger partial charge on any atom is 0.252 e. The number of nitrogens with zero attached hydrogens (tertiary/aromatic N) is 6. The van der Waals surface area contributed by atoms with Crippen molar-refractivity contribution in [3.8, 4) is 0 Å². The van der Waals surface area contributed by atoms with Crippen LogP contribution in [0, 0.1) is 0 Å². The summed E-state index contributed by atoms with van der Waals surface area (Å²) in [6, 6.07) is 18.3. The Balaban J connectivity index is 1.42. The fraction of sp³-hybridized carbons (Fsp3) is 0.296. The monoisotopic (exact) mass is 502 g/mol. The van der Waals surface area contributed by atoms with Gasteiger partial charge in [0.25, 0.3) is 5.56 Å². The van der Waals surface area contributed by atoms with Crippen LogP contribution in [0.4, 0.5) is 23.0 Å². The second-order valence-corrected chi connectivity index (χ2v) is 9.37.